The van der Waals surface area contributed by atoms with Crippen molar-refractivity contribution in [2.24, 2.45) is 0 Å². The fraction of sp³-hybridized carbons (Fsp3) is 0.150. The van der Waals surface area contributed by atoms with Gasteiger partial charge >= 0.3 is 11.9 Å². The van der Waals surface area contributed by atoms with E-state index in [2.05, 4.69) is 19.6 Å². The van der Waals surface area contributed by atoms with Gasteiger partial charge in [0, 0.05) is 11.6 Å². The van der Waals surface area contributed by atoms with E-state index in [0.29, 0.717) is 21.1 Å². The molecular formula is C20H13F4N3O4S. The molecule has 2 aromatic heterocycles. The first-order valence-electron chi connectivity index (χ1n) is 9.00. The second kappa shape index (κ2) is 8.55. The molecule has 0 aliphatic rings. The highest BCUT2D eigenvalue weighted by molar-refractivity contribution is 7.15. The van der Waals surface area contributed by atoms with Crippen LogP contribution in [0.15, 0.2) is 51.8 Å². The Hall–Kier alpha value is -3.51. The number of rotatable bonds is 6. The molecule has 4 aromatic rings. The van der Waals surface area contributed by atoms with Crippen molar-refractivity contribution in [3.8, 4) is 27.7 Å². The zero-order valence-electron chi connectivity index (χ0n) is 15.9. The Morgan fingerprint density at radius 3 is 2.50 bits per heavy atom. The van der Waals surface area contributed by atoms with E-state index in [1.165, 1.54) is 24.3 Å². The lowest BCUT2D eigenvalue weighted by Gasteiger charge is -2.07. The van der Waals surface area contributed by atoms with Crippen molar-refractivity contribution in [3.63, 3.8) is 0 Å². The third-order valence-electron chi connectivity index (χ3n) is 4.39. The van der Waals surface area contributed by atoms with Crippen molar-refractivity contribution in [1.29, 1.82) is 0 Å². The van der Waals surface area contributed by atoms with E-state index in [1.54, 1.807) is 0 Å². The van der Waals surface area contributed by atoms with Gasteiger partial charge in [0.25, 0.3) is 0 Å². The number of halogens is 4. The van der Waals surface area contributed by atoms with E-state index in [-0.39, 0.29) is 23.7 Å². The summed E-state index contributed by atoms with van der Waals surface area (Å²) < 4.78 is 62.5. The van der Waals surface area contributed by atoms with Crippen molar-refractivity contribution in [1.82, 2.24) is 15.1 Å². The topological polar surface area (TPSA) is 101 Å². The summed E-state index contributed by atoms with van der Waals surface area (Å²) in [5.74, 6) is -1.41. The van der Waals surface area contributed by atoms with Gasteiger partial charge in [-0.05, 0) is 24.3 Å². The number of nitrogens with zero attached hydrogens (tertiary/aromatic N) is 2. The fourth-order valence-corrected chi connectivity index (χ4v) is 3.81. The van der Waals surface area contributed by atoms with Crippen molar-refractivity contribution >= 4 is 11.3 Å². The number of hydrogen-bond acceptors (Lipinski definition) is 7. The maximum Gasteiger partial charge on any atom is 0.439 e. The van der Waals surface area contributed by atoms with Crippen LogP contribution >= 0.6 is 11.3 Å². The van der Waals surface area contributed by atoms with Gasteiger partial charge in [0.05, 0.1) is 28.3 Å². The van der Waals surface area contributed by atoms with Crippen LogP contribution in [-0.2, 0) is 19.4 Å². The maximum absolute atomic E-state index is 14.3. The average molecular weight is 467 g/mol. The molecule has 0 unspecified atom stereocenters. The highest BCUT2D eigenvalue weighted by Crippen LogP contribution is 2.33. The Bertz CT molecular complexity index is 1300. The van der Waals surface area contributed by atoms with Crippen molar-refractivity contribution in [2.75, 3.05) is 0 Å². The highest BCUT2D eigenvalue weighted by atomic mass is 32.1. The number of benzene rings is 2. The van der Waals surface area contributed by atoms with E-state index in [0.717, 1.165) is 29.5 Å². The van der Waals surface area contributed by atoms with Gasteiger partial charge in [0.1, 0.15) is 23.2 Å². The number of aromatic amines is 1. The molecular weight excluding hydrogens is 454 g/mol. The number of aliphatic hydroxyl groups excluding tert-OH is 1. The first kappa shape index (κ1) is 21.7. The van der Waals surface area contributed by atoms with Gasteiger partial charge in [-0.2, -0.15) is 13.2 Å². The van der Waals surface area contributed by atoms with E-state index < -0.39 is 29.9 Å². The molecule has 0 aliphatic carbocycles. The quantitative estimate of drug-likeness (QED) is 0.408. The zero-order chi connectivity index (χ0) is 22.9. The van der Waals surface area contributed by atoms with Gasteiger partial charge < -0.3 is 9.84 Å². The van der Waals surface area contributed by atoms with Gasteiger partial charge in [-0.3, -0.25) is 9.51 Å². The lowest BCUT2D eigenvalue weighted by Crippen LogP contribution is -2.03. The summed E-state index contributed by atoms with van der Waals surface area (Å²) in [5, 5.41) is 13.4. The summed E-state index contributed by atoms with van der Waals surface area (Å²) >= 11 is 1.14. The number of hydrogen-bond donors (Lipinski definition) is 2. The molecule has 12 heteroatoms. The summed E-state index contributed by atoms with van der Waals surface area (Å²) in [5.41, 5.74) is 0.00801. The van der Waals surface area contributed by atoms with Crippen molar-refractivity contribution in [2.45, 2.75) is 19.4 Å². The van der Waals surface area contributed by atoms with Crippen LogP contribution < -0.4 is 10.5 Å². The number of aromatic nitrogens is 3. The summed E-state index contributed by atoms with van der Waals surface area (Å²) in [6.45, 7) is -0.448. The molecule has 2 heterocycles. The summed E-state index contributed by atoms with van der Waals surface area (Å²) in [6, 6.07) is 8.42. The Labute approximate surface area is 180 Å². The van der Waals surface area contributed by atoms with Crippen molar-refractivity contribution in [3.05, 3.63) is 75.0 Å². The number of alkyl halides is 3. The Morgan fingerprint density at radius 1 is 1.16 bits per heavy atom. The first-order valence-corrected chi connectivity index (χ1v) is 9.82. The monoisotopic (exact) mass is 467 g/mol. The van der Waals surface area contributed by atoms with Crippen LogP contribution in [0.2, 0.25) is 0 Å². The van der Waals surface area contributed by atoms with E-state index in [9.17, 15) is 27.5 Å². The summed E-state index contributed by atoms with van der Waals surface area (Å²) in [6.07, 6.45) is -4.44. The minimum Gasteiger partial charge on any atom is -0.488 e. The third-order valence-corrected chi connectivity index (χ3v) is 5.51. The SMILES string of the molecule is O=c1[nH]c(-c2ccc(OCc3sc(-c4ccc(C(F)(F)F)cc4)nc3CO)cc2F)no1. The van der Waals surface area contributed by atoms with E-state index in [1.807, 2.05) is 0 Å². The molecule has 0 atom stereocenters. The average Bonchev–Trinajstić information content (AvgIpc) is 3.38. The predicted octanol–water partition coefficient (Wildman–Crippen LogP) is 4.38. The smallest absolute Gasteiger partial charge is 0.439 e. The molecule has 0 bridgehead atoms. The van der Waals surface area contributed by atoms with E-state index in [4.69, 9.17) is 4.74 Å². The van der Waals surface area contributed by atoms with Gasteiger partial charge in [0.15, 0.2) is 5.82 Å². The lowest BCUT2D eigenvalue weighted by molar-refractivity contribution is -0.137. The molecule has 0 aliphatic heterocycles. The van der Waals surface area contributed by atoms with Gasteiger partial charge in [-0.1, -0.05) is 17.3 Å². The molecule has 4 rings (SSSR count). The molecule has 166 valence electrons. The van der Waals surface area contributed by atoms with Crippen LogP contribution in [0, 0.1) is 5.82 Å². The Balaban J connectivity index is 1.51. The normalized spacial score (nSPS) is 11.7. The number of nitrogens with one attached hydrogen (secondary N) is 1. The molecule has 0 fully saturated rings. The van der Waals surface area contributed by atoms with Crippen LogP contribution in [0.5, 0.6) is 5.75 Å². The molecule has 2 N–H and O–H groups in total. The highest BCUT2D eigenvalue weighted by Gasteiger charge is 2.30. The van der Waals surface area contributed by atoms with E-state index >= 15 is 0 Å². The Kier molecular flexibility index (Phi) is 5.80. The first-order chi connectivity index (χ1) is 15.2. The van der Waals surface area contributed by atoms with Crippen molar-refractivity contribution < 1.29 is 31.9 Å². The molecule has 0 saturated heterocycles. The second-order valence-corrected chi connectivity index (χ2v) is 7.58. The molecule has 0 spiro atoms. The van der Waals surface area contributed by atoms with Crippen LogP contribution in [0.4, 0.5) is 17.6 Å². The minimum absolute atomic E-state index is 0.0154. The lowest BCUT2D eigenvalue weighted by atomic mass is 10.1. The molecule has 7 nitrogen and oxygen atoms in total. The van der Waals surface area contributed by atoms with Crippen LogP contribution in [0.3, 0.4) is 0 Å². The molecule has 0 saturated carbocycles. The standard InChI is InChI=1S/C20H13F4N3O4S/c21-14-7-12(5-6-13(14)17-26-19(29)31-27-17)30-9-16-15(8-28)25-18(32-16)10-1-3-11(4-2-10)20(22,23)24/h1-7,28H,8-9H2,(H,26,27,29). The van der Waals surface area contributed by atoms with Gasteiger partial charge in [-0.25, -0.2) is 14.2 Å². The number of thiazole rings is 1. The minimum atomic E-state index is -4.44. The Morgan fingerprint density at radius 2 is 1.91 bits per heavy atom. The maximum atomic E-state index is 14.3. The van der Waals surface area contributed by atoms with Gasteiger partial charge in [-0.15, -0.1) is 11.3 Å². The predicted molar refractivity (Wildman–Crippen MR) is 105 cm³/mol. The van der Waals surface area contributed by atoms with Gasteiger partial charge in [0.2, 0.25) is 0 Å². The summed E-state index contributed by atoms with van der Waals surface area (Å²) in [4.78, 5) is 18.1. The van der Waals surface area contributed by atoms with Crippen LogP contribution in [-0.4, -0.2) is 20.2 Å². The molecule has 2 aromatic carbocycles. The summed E-state index contributed by atoms with van der Waals surface area (Å²) in [7, 11) is 0. The molecule has 0 amide bonds. The third kappa shape index (κ3) is 4.55. The fourth-order valence-electron chi connectivity index (χ4n) is 2.82. The largest absolute Gasteiger partial charge is 0.488 e. The molecule has 32 heavy (non-hydrogen) atoms. The van der Waals surface area contributed by atoms with Crippen LogP contribution in [0.25, 0.3) is 22.0 Å². The second-order valence-electron chi connectivity index (χ2n) is 6.50. The number of aliphatic hydroxyl groups is 1. The number of ether oxygens (including phenoxy) is 1. The zero-order valence-corrected chi connectivity index (χ0v) is 16.8. The number of H-pyrrole nitrogens is 1. The van der Waals surface area contributed by atoms with Crippen LogP contribution in [0.1, 0.15) is 16.1 Å². The molecule has 0 radical (unpaired) electrons.